The summed E-state index contributed by atoms with van der Waals surface area (Å²) in [5.41, 5.74) is -2.19. The number of nitrogens with zero attached hydrogens (tertiary/aromatic N) is 4. The van der Waals surface area contributed by atoms with E-state index in [2.05, 4.69) is 15.4 Å². The Kier molecular flexibility index (Phi) is 7.14. The highest BCUT2D eigenvalue weighted by molar-refractivity contribution is 6.24. The molecule has 2 atom stereocenters. The summed E-state index contributed by atoms with van der Waals surface area (Å²) in [5, 5.41) is 24.4. The fourth-order valence-corrected chi connectivity index (χ4v) is 5.20. The minimum absolute atomic E-state index is 0.0410. The number of rotatable bonds is 8. The molecule has 3 fully saturated rings. The number of amides is 3. The van der Waals surface area contributed by atoms with Gasteiger partial charge in [0.25, 0.3) is 5.91 Å². The van der Waals surface area contributed by atoms with Crippen LogP contribution in [0.1, 0.15) is 55.8 Å². The van der Waals surface area contributed by atoms with Crippen LogP contribution in [-0.4, -0.2) is 72.6 Å². The van der Waals surface area contributed by atoms with Crippen molar-refractivity contribution in [3.8, 4) is 0 Å². The van der Waals surface area contributed by atoms with Crippen molar-refractivity contribution in [2.45, 2.75) is 74.9 Å². The van der Waals surface area contributed by atoms with E-state index in [0.29, 0.717) is 11.8 Å². The predicted octanol–water partition coefficient (Wildman–Crippen LogP) is 3.30. The fourth-order valence-electron chi connectivity index (χ4n) is 5.20. The number of aromatic nitrogens is 3. The molecule has 41 heavy (non-hydrogen) atoms. The van der Waals surface area contributed by atoms with E-state index in [-0.39, 0.29) is 43.6 Å². The van der Waals surface area contributed by atoms with Gasteiger partial charge in [-0.15, -0.1) is 0 Å². The van der Waals surface area contributed by atoms with Crippen LogP contribution in [-0.2, 0) is 11.3 Å². The van der Waals surface area contributed by atoms with E-state index in [9.17, 15) is 35.9 Å². The molecule has 2 aliphatic carbocycles. The molecule has 10 nitrogen and oxygen atoms in total. The maximum absolute atomic E-state index is 14.5. The number of urea groups is 1. The Balaban J connectivity index is 1.38. The van der Waals surface area contributed by atoms with Crippen molar-refractivity contribution in [3.63, 3.8) is 0 Å². The van der Waals surface area contributed by atoms with E-state index in [1.807, 2.05) is 5.32 Å². The van der Waals surface area contributed by atoms with Crippen LogP contribution in [0.15, 0.2) is 30.3 Å². The lowest BCUT2D eigenvalue weighted by Crippen LogP contribution is -2.40. The average Bonchev–Trinajstić information content (AvgIpc) is 3.34. The molecular formula is C25H28F6N7O3+. The smallest absolute Gasteiger partial charge is 0.410 e. The molecule has 1 aliphatic heterocycles. The fraction of sp³-hybridized carbons (Fsp3) is 0.560. The molecule has 3 heterocycles. The lowest BCUT2D eigenvalue weighted by Gasteiger charge is -2.33. The maximum Gasteiger partial charge on any atom is 0.410 e. The van der Waals surface area contributed by atoms with Gasteiger partial charge in [0.05, 0.1) is 36.4 Å². The highest BCUT2D eigenvalue weighted by atomic mass is 19.4. The predicted molar refractivity (Wildman–Crippen MR) is 132 cm³/mol. The highest BCUT2D eigenvalue weighted by Crippen LogP contribution is 2.44. The third-order valence-electron chi connectivity index (χ3n) is 7.79. The first-order valence-electron chi connectivity index (χ1n) is 13.0. The zero-order valence-electron chi connectivity index (χ0n) is 21.6. The highest BCUT2D eigenvalue weighted by Gasteiger charge is 2.51. The van der Waals surface area contributed by atoms with Crippen LogP contribution in [0, 0.1) is 11.3 Å². The van der Waals surface area contributed by atoms with Crippen molar-refractivity contribution in [3.05, 3.63) is 41.6 Å². The van der Waals surface area contributed by atoms with Crippen molar-refractivity contribution < 1.29 is 41.0 Å². The summed E-state index contributed by atoms with van der Waals surface area (Å²) in [4.78, 5) is 30.6. The van der Waals surface area contributed by atoms with Crippen molar-refractivity contribution >= 4 is 23.3 Å². The van der Waals surface area contributed by atoms with Gasteiger partial charge >= 0.3 is 12.2 Å². The molecule has 1 saturated heterocycles. The minimum atomic E-state index is -4.59. The average molecular weight is 589 g/mol. The molecule has 0 radical (unpaired) electrons. The molecule has 2 saturated carbocycles. The standard InChI is InChI=1S/C25H27F6N7O3/c26-23(5-6-23)20(32)15(12-39)21(40)36-19(14-1-3-24(27,28)4-2-14)16-10-38-18(34-16)7-13(8-33-38)9-37-11-17(25(29,30)31)35-22(37)41/h7-8,10,12,14,17,19,32,39H,1-6,9,11H2,(H,35,41)(H,36,40)/p+1/b15-12+,32-20?/t17-,19-/m0/s1. The second kappa shape index (κ2) is 10.2. The van der Waals surface area contributed by atoms with Gasteiger partial charge in [-0.05, 0) is 43.2 Å². The van der Waals surface area contributed by atoms with Crippen LogP contribution >= 0.6 is 0 Å². The molecule has 0 aromatic carbocycles. The Morgan fingerprint density at radius 3 is 2.51 bits per heavy atom. The summed E-state index contributed by atoms with van der Waals surface area (Å²) in [7, 11) is 0. The topological polar surface area (TPSA) is 138 Å². The Morgan fingerprint density at radius 1 is 1.24 bits per heavy atom. The summed E-state index contributed by atoms with van der Waals surface area (Å²) >= 11 is 0. The van der Waals surface area contributed by atoms with Crippen LogP contribution < -0.4 is 10.6 Å². The molecular weight excluding hydrogens is 560 g/mol. The van der Waals surface area contributed by atoms with Crippen LogP contribution in [0.2, 0.25) is 0 Å². The van der Waals surface area contributed by atoms with Gasteiger partial charge in [-0.25, -0.2) is 27.5 Å². The molecule has 16 heteroatoms. The van der Waals surface area contributed by atoms with Crippen LogP contribution in [0.4, 0.5) is 31.1 Å². The van der Waals surface area contributed by atoms with E-state index in [1.165, 1.54) is 23.0 Å². The van der Waals surface area contributed by atoms with Crippen molar-refractivity contribution in [2.24, 2.45) is 5.92 Å². The Morgan fingerprint density at radius 2 is 1.93 bits per heavy atom. The number of alkyl halides is 6. The van der Waals surface area contributed by atoms with Crippen molar-refractivity contribution in [2.75, 3.05) is 6.54 Å². The number of carbonyl (C=O) groups excluding carboxylic acids is 2. The molecule has 5 rings (SSSR count). The first-order valence-corrected chi connectivity index (χ1v) is 13.0. The van der Waals surface area contributed by atoms with Gasteiger partial charge in [-0.1, -0.05) is 0 Å². The molecule has 0 spiro atoms. The molecule has 3 amide bonds. The van der Waals surface area contributed by atoms with Gasteiger partial charge in [0.2, 0.25) is 12.2 Å². The van der Waals surface area contributed by atoms with Crippen molar-refractivity contribution in [1.29, 1.82) is 5.41 Å². The summed E-state index contributed by atoms with van der Waals surface area (Å²) < 4.78 is 82.7. The van der Waals surface area contributed by atoms with Gasteiger partial charge in [0.1, 0.15) is 6.04 Å². The quantitative estimate of drug-likeness (QED) is 0.143. The molecule has 3 aliphatic rings. The molecule has 0 bridgehead atoms. The molecule has 0 unspecified atom stereocenters. The van der Waals surface area contributed by atoms with Crippen LogP contribution in [0.3, 0.4) is 0 Å². The lowest BCUT2D eigenvalue weighted by atomic mass is 9.81. The SMILES string of the molecule is N=C(/C(=C\[OH2+])C(=O)N[C@H](c1cn2ncc(CN3C[C@@H](C(F)(F)F)NC3=O)cc2n1)C1CCC(F)(F)CC1)C1(F)CC1. The zero-order valence-corrected chi connectivity index (χ0v) is 21.6. The number of imidazole rings is 1. The summed E-state index contributed by atoms with van der Waals surface area (Å²) in [6.45, 7) is -0.749. The van der Waals surface area contributed by atoms with Crippen LogP contribution in [0.25, 0.3) is 5.65 Å². The number of fused-ring (bicyclic) bond motifs is 1. The molecule has 2 aromatic heterocycles. The number of hydrogen-bond acceptors (Lipinski definition) is 5. The van der Waals surface area contributed by atoms with E-state index >= 15 is 0 Å². The lowest BCUT2D eigenvalue weighted by molar-refractivity contribution is -0.149. The zero-order chi connectivity index (χ0) is 29.7. The Bertz CT molecular complexity index is 1390. The second-order valence-corrected chi connectivity index (χ2v) is 10.8. The van der Waals surface area contributed by atoms with Crippen LogP contribution in [0.5, 0.6) is 0 Å². The summed E-state index contributed by atoms with van der Waals surface area (Å²) in [6, 6.07) is -2.30. The van der Waals surface area contributed by atoms with E-state index < -0.39 is 78.4 Å². The summed E-state index contributed by atoms with van der Waals surface area (Å²) in [5.74, 6) is -4.24. The largest absolute Gasteiger partial charge is 0.598 e. The Labute approximate surface area is 229 Å². The molecule has 222 valence electrons. The summed E-state index contributed by atoms with van der Waals surface area (Å²) in [6.07, 6.45) is -1.81. The molecule has 2 aromatic rings. The van der Waals surface area contributed by atoms with E-state index in [0.717, 1.165) is 4.90 Å². The monoisotopic (exact) mass is 588 g/mol. The van der Waals surface area contributed by atoms with Crippen molar-refractivity contribution in [1.82, 2.24) is 30.1 Å². The third kappa shape index (κ3) is 5.95. The number of hydrogen-bond donors (Lipinski definition) is 3. The van der Waals surface area contributed by atoms with Gasteiger partial charge < -0.3 is 26.0 Å². The van der Waals surface area contributed by atoms with Gasteiger partial charge in [-0.3, -0.25) is 4.79 Å². The molecule has 5 N–H and O–H groups in total. The normalized spacial score (nSPS) is 23.4. The van der Waals surface area contributed by atoms with Gasteiger partial charge in [-0.2, -0.15) is 18.3 Å². The first-order chi connectivity index (χ1) is 19.2. The van der Waals surface area contributed by atoms with E-state index in [4.69, 9.17) is 10.5 Å². The van der Waals surface area contributed by atoms with Gasteiger partial charge in [0, 0.05) is 19.4 Å². The van der Waals surface area contributed by atoms with E-state index in [1.54, 1.807) is 0 Å². The van der Waals surface area contributed by atoms with Gasteiger partial charge in [0.15, 0.2) is 16.9 Å². The number of carbonyl (C=O) groups is 2. The minimum Gasteiger partial charge on any atom is -0.598 e. The number of nitrogens with one attached hydrogen (secondary N) is 3. The third-order valence-corrected chi connectivity index (χ3v) is 7.79. The maximum atomic E-state index is 14.5. The number of halogens is 6. The Hall–Kier alpha value is -3.85. The second-order valence-electron chi connectivity index (χ2n) is 10.8. The first kappa shape index (κ1) is 28.7.